The monoisotopic (exact) mass is 303 g/mol. The lowest BCUT2D eigenvalue weighted by molar-refractivity contribution is 0.0523. The minimum Gasteiger partial charge on any atom is -0.444 e. The van der Waals surface area contributed by atoms with Crippen LogP contribution in [-0.4, -0.2) is 19.8 Å². The maximum atomic E-state index is 11.7. The summed E-state index contributed by atoms with van der Waals surface area (Å²) >= 11 is 0. The summed E-state index contributed by atoms with van der Waals surface area (Å²) in [5.74, 6) is 3.24. The molecule has 0 aliphatic rings. The van der Waals surface area contributed by atoms with Crippen molar-refractivity contribution in [3.63, 3.8) is 0 Å². The molecule has 0 saturated heterocycles. The average molecular weight is 303 g/mol. The number of carbonyl (C=O) groups is 1. The second kappa shape index (κ2) is 6.82. The molecular formula is C17H25NO2Si. The lowest BCUT2D eigenvalue weighted by Crippen LogP contribution is -2.32. The van der Waals surface area contributed by atoms with Gasteiger partial charge in [-0.1, -0.05) is 43.8 Å². The standard InChI is InChI=1S/C17H25NO2Si/c1-17(2,3)20-16(19)18-13-15-10-8-7-9-14(15)11-12-21(4,5)6/h7-10H,13H2,1-6H3,(H,18,19). The number of hydrogen-bond donors (Lipinski definition) is 1. The highest BCUT2D eigenvalue weighted by Crippen LogP contribution is 2.10. The lowest BCUT2D eigenvalue weighted by Gasteiger charge is -2.19. The van der Waals surface area contributed by atoms with Crippen molar-refractivity contribution in [2.45, 2.75) is 52.6 Å². The molecule has 0 heterocycles. The Morgan fingerprint density at radius 1 is 1.24 bits per heavy atom. The SMILES string of the molecule is CC(C)(C)OC(=O)NCc1ccccc1C#C[Si](C)(C)C. The van der Waals surface area contributed by atoms with Gasteiger partial charge in [-0.25, -0.2) is 4.79 Å². The van der Waals surface area contributed by atoms with E-state index in [9.17, 15) is 4.79 Å². The van der Waals surface area contributed by atoms with Gasteiger partial charge in [0.25, 0.3) is 0 Å². The molecule has 1 amide bonds. The zero-order chi connectivity index (χ0) is 16.1. The van der Waals surface area contributed by atoms with Crippen LogP contribution in [0, 0.1) is 11.5 Å². The van der Waals surface area contributed by atoms with Crippen molar-refractivity contribution >= 4 is 14.2 Å². The van der Waals surface area contributed by atoms with Crippen molar-refractivity contribution in [2.24, 2.45) is 0 Å². The molecule has 1 N–H and O–H groups in total. The Kier molecular flexibility index (Phi) is 5.62. The summed E-state index contributed by atoms with van der Waals surface area (Å²) in [7, 11) is -1.41. The Bertz CT molecular complexity index is 557. The van der Waals surface area contributed by atoms with E-state index in [1.807, 2.05) is 45.0 Å². The van der Waals surface area contributed by atoms with Gasteiger partial charge in [0.1, 0.15) is 13.7 Å². The lowest BCUT2D eigenvalue weighted by atomic mass is 10.1. The second-order valence-corrected chi connectivity index (χ2v) is 11.8. The van der Waals surface area contributed by atoms with E-state index in [1.165, 1.54) is 0 Å². The first-order valence-electron chi connectivity index (χ1n) is 7.15. The van der Waals surface area contributed by atoms with E-state index in [0.717, 1.165) is 11.1 Å². The first kappa shape index (κ1) is 17.3. The van der Waals surface area contributed by atoms with E-state index in [2.05, 4.69) is 36.4 Å². The van der Waals surface area contributed by atoms with Gasteiger partial charge >= 0.3 is 6.09 Å². The smallest absolute Gasteiger partial charge is 0.407 e. The maximum Gasteiger partial charge on any atom is 0.407 e. The van der Waals surface area contributed by atoms with Crippen LogP contribution in [0.2, 0.25) is 19.6 Å². The predicted molar refractivity (Wildman–Crippen MR) is 89.7 cm³/mol. The number of alkyl carbamates (subject to hydrolysis) is 1. The summed E-state index contributed by atoms with van der Waals surface area (Å²) in [5.41, 5.74) is 4.84. The van der Waals surface area contributed by atoms with Crippen LogP contribution in [0.25, 0.3) is 0 Å². The summed E-state index contributed by atoms with van der Waals surface area (Å²) in [5, 5.41) is 2.78. The molecule has 0 bridgehead atoms. The molecule has 114 valence electrons. The van der Waals surface area contributed by atoms with Crippen molar-refractivity contribution in [3.05, 3.63) is 35.4 Å². The van der Waals surface area contributed by atoms with Gasteiger partial charge in [-0.15, -0.1) is 5.54 Å². The molecule has 0 saturated carbocycles. The molecule has 21 heavy (non-hydrogen) atoms. The molecule has 0 aliphatic heterocycles. The zero-order valence-corrected chi connectivity index (χ0v) is 14.8. The highest BCUT2D eigenvalue weighted by molar-refractivity contribution is 6.83. The van der Waals surface area contributed by atoms with E-state index < -0.39 is 19.8 Å². The van der Waals surface area contributed by atoms with Crippen LogP contribution in [-0.2, 0) is 11.3 Å². The fourth-order valence-corrected chi connectivity index (χ4v) is 2.04. The molecule has 1 rings (SSSR count). The van der Waals surface area contributed by atoms with Crippen molar-refractivity contribution in [2.75, 3.05) is 0 Å². The molecule has 1 aromatic carbocycles. The molecule has 4 heteroatoms. The molecule has 0 aliphatic carbocycles. The Morgan fingerprint density at radius 2 is 1.86 bits per heavy atom. The molecule has 0 aromatic heterocycles. The quantitative estimate of drug-likeness (QED) is 0.664. The van der Waals surface area contributed by atoms with E-state index in [4.69, 9.17) is 4.74 Å². The third-order valence-corrected chi connectivity index (χ3v) is 3.29. The summed E-state index contributed by atoms with van der Waals surface area (Å²) in [4.78, 5) is 11.7. The molecule has 1 aromatic rings. The van der Waals surface area contributed by atoms with Gasteiger partial charge in [0.2, 0.25) is 0 Å². The van der Waals surface area contributed by atoms with Crippen molar-refractivity contribution in [1.82, 2.24) is 5.32 Å². The third kappa shape index (κ3) is 7.57. The number of nitrogens with one attached hydrogen (secondary N) is 1. The van der Waals surface area contributed by atoms with Crippen LogP contribution < -0.4 is 5.32 Å². The first-order valence-corrected chi connectivity index (χ1v) is 10.6. The molecule has 3 nitrogen and oxygen atoms in total. The fraction of sp³-hybridized carbons (Fsp3) is 0.471. The number of ether oxygens (including phenoxy) is 1. The number of rotatable bonds is 2. The van der Waals surface area contributed by atoms with Crippen LogP contribution in [0.15, 0.2) is 24.3 Å². The minimum atomic E-state index is -1.41. The van der Waals surface area contributed by atoms with Gasteiger partial charge < -0.3 is 10.1 Å². The van der Waals surface area contributed by atoms with Crippen LogP contribution in [0.4, 0.5) is 4.79 Å². The molecular weight excluding hydrogens is 278 g/mol. The summed E-state index contributed by atoms with van der Waals surface area (Å²) in [6.45, 7) is 12.6. The number of amides is 1. The molecule has 0 fully saturated rings. The van der Waals surface area contributed by atoms with Crippen LogP contribution in [0.5, 0.6) is 0 Å². The Morgan fingerprint density at radius 3 is 2.43 bits per heavy atom. The van der Waals surface area contributed by atoms with Crippen LogP contribution in [0.1, 0.15) is 31.9 Å². The Hall–Kier alpha value is -1.73. The van der Waals surface area contributed by atoms with Gasteiger partial charge in [0, 0.05) is 12.1 Å². The predicted octanol–water partition coefficient (Wildman–Crippen LogP) is 3.94. The van der Waals surface area contributed by atoms with Crippen molar-refractivity contribution < 1.29 is 9.53 Å². The zero-order valence-electron chi connectivity index (χ0n) is 13.8. The van der Waals surface area contributed by atoms with Crippen molar-refractivity contribution in [3.8, 4) is 11.5 Å². The Balaban J connectivity index is 2.76. The van der Waals surface area contributed by atoms with E-state index >= 15 is 0 Å². The van der Waals surface area contributed by atoms with Gasteiger partial charge in [0.05, 0.1) is 0 Å². The maximum absolute atomic E-state index is 11.7. The second-order valence-electron chi connectivity index (χ2n) is 7.01. The summed E-state index contributed by atoms with van der Waals surface area (Å²) in [6, 6.07) is 7.88. The topological polar surface area (TPSA) is 38.3 Å². The van der Waals surface area contributed by atoms with Gasteiger partial charge in [0.15, 0.2) is 0 Å². The molecule has 0 unspecified atom stereocenters. The van der Waals surface area contributed by atoms with Gasteiger partial charge in [-0.05, 0) is 32.4 Å². The van der Waals surface area contributed by atoms with E-state index in [0.29, 0.717) is 6.54 Å². The normalized spacial score (nSPS) is 11.3. The third-order valence-electron chi connectivity index (χ3n) is 2.41. The van der Waals surface area contributed by atoms with Crippen molar-refractivity contribution in [1.29, 1.82) is 0 Å². The van der Waals surface area contributed by atoms with E-state index in [-0.39, 0.29) is 0 Å². The minimum absolute atomic E-state index is 0.407. The molecule has 0 spiro atoms. The first-order chi connectivity index (χ1) is 9.57. The Labute approximate surface area is 129 Å². The van der Waals surface area contributed by atoms with Gasteiger partial charge in [-0.3, -0.25) is 0 Å². The van der Waals surface area contributed by atoms with Gasteiger partial charge in [-0.2, -0.15) is 0 Å². The summed E-state index contributed by atoms with van der Waals surface area (Å²) < 4.78 is 5.23. The molecule has 0 radical (unpaired) electrons. The fourth-order valence-electron chi connectivity index (χ4n) is 1.53. The summed E-state index contributed by atoms with van der Waals surface area (Å²) in [6.07, 6.45) is -0.407. The highest BCUT2D eigenvalue weighted by atomic mass is 28.3. The largest absolute Gasteiger partial charge is 0.444 e. The average Bonchev–Trinajstić information content (AvgIpc) is 2.32. The van der Waals surface area contributed by atoms with E-state index in [1.54, 1.807) is 0 Å². The highest BCUT2D eigenvalue weighted by Gasteiger charge is 2.16. The number of carbonyl (C=O) groups excluding carboxylic acids is 1. The van der Waals surface area contributed by atoms with Crippen LogP contribution in [0.3, 0.4) is 0 Å². The van der Waals surface area contributed by atoms with Crippen LogP contribution >= 0.6 is 0 Å². The number of hydrogen-bond acceptors (Lipinski definition) is 2. The number of benzene rings is 1. The molecule has 0 atom stereocenters.